The van der Waals surface area contributed by atoms with Gasteiger partial charge < -0.3 is 19.7 Å². The van der Waals surface area contributed by atoms with Gasteiger partial charge in [-0.1, -0.05) is 6.07 Å². The van der Waals surface area contributed by atoms with Gasteiger partial charge in [0.2, 0.25) is 5.75 Å². The van der Waals surface area contributed by atoms with Gasteiger partial charge in [0, 0.05) is 0 Å². The van der Waals surface area contributed by atoms with Gasteiger partial charge in [0.1, 0.15) is 5.58 Å². The van der Waals surface area contributed by atoms with Crippen LogP contribution in [0.1, 0.15) is 10.4 Å². The van der Waals surface area contributed by atoms with E-state index in [1.165, 1.54) is 18.2 Å². The Kier molecular flexibility index (Phi) is 2.05. The van der Waals surface area contributed by atoms with Crippen molar-refractivity contribution in [3.8, 4) is 11.5 Å². The van der Waals surface area contributed by atoms with E-state index in [4.69, 9.17) is 10.2 Å². The molecule has 0 aliphatic rings. The Labute approximate surface area is 88.0 Å². The molecule has 1 aromatic heterocycles. The van der Waals surface area contributed by atoms with Gasteiger partial charge >= 0.3 is 11.6 Å². The monoisotopic (exact) mass is 222 g/mol. The summed E-state index contributed by atoms with van der Waals surface area (Å²) in [5, 5.41) is 27.3. The summed E-state index contributed by atoms with van der Waals surface area (Å²) in [6.07, 6.45) is 0. The van der Waals surface area contributed by atoms with Crippen molar-refractivity contribution < 1.29 is 24.5 Å². The first-order valence-electron chi connectivity index (χ1n) is 4.23. The lowest BCUT2D eigenvalue weighted by Crippen LogP contribution is -2.02. The van der Waals surface area contributed by atoms with Crippen LogP contribution >= 0.6 is 0 Å². The van der Waals surface area contributed by atoms with E-state index in [-0.39, 0.29) is 16.5 Å². The summed E-state index contributed by atoms with van der Waals surface area (Å²) >= 11 is 0. The van der Waals surface area contributed by atoms with Crippen LogP contribution in [0.25, 0.3) is 11.0 Å². The number of hydrogen-bond acceptors (Lipinski definition) is 5. The van der Waals surface area contributed by atoms with Gasteiger partial charge in [-0.05, 0) is 12.1 Å². The van der Waals surface area contributed by atoms with E-state index in [1.807, 2.05) is 0 Å². The van der Waals surface area contributed by atoms with Gasteiger partial charge in [-0.2, -0.15) is 0 Å². The van der Waals surface area contributed by atoms with E-state index in [0.717, 1.165) is 0 Å². The number of aromatic carboxylic acids is 1. The van der Waals surface area contributed by atoms with Crippen LogP contribution in [0, 0.1) is 0 Å². The van der Waals surface area contributed by atoms with Crippen LogP contribution in [0.3, 0.4) is 0 Å². The van der Waals surface area contributed by atoms with E-state index in [0.29, 0.717) is 0 Å². The summed E-state index contributed by atoms with van der Waals surface area (Å²) < 4.78 is 4.64. The van der Waals surface area contributed by atoms with E-state index in [9.17, 15) is 14.7 Å². The topological polar surface area (TPSA) is 108 Å². The van der Waals surface area contributed by atoms with Crippen LogP contribution in [0.15, 0.2) is 27.4 Å². The van der Waals surface area contributed by atoms with Crippen molar-refractivity contribution in [3.63, 3.8) is 0 Å². The van der Waals surface area contributed by atoms with E-state index >= 15 is 0 Å². The summed E-state index contributed by atoms with van der Waals surface area (Å²) in [5.41, 5.74) is -1.47. The van der Waals surface area contributed by atoms with Crippen molar-refractivity contribution in [1.29, 1.82) is 0 Å². The molecule has 6 nitrogen and oxygen atoms in total. The molecule has 0 radical (unpaired) electrons. The molecule has 3 N–H and O–H groups in total. The fraction of sp³-hybridized carbons (Fsp3) is 0. The van der Waals surface area contributed by atoms with Crippen LogP contribution in [0.2, 0.25) is 0 Å². The maximum absolute atomic E-state index is 11.0. The second kappa shape index (κ2) is 3.27. The Morgan fingerprint density at radius 1 is 1.19 bits per heavy atom. The molecule has 1 aromatic carbocycles. The highest BCUT2D eigenvalue weighted by molar-refractivity contribution is 6.05. The van der Waals surface area contributed by atoms with Gasteiger partial charge in [0.05, 0.1) is 10.9 Å². The Balaban J connectivity index is 3.03. The highest BCUT2D eigenvalue weighted by atomic mass is 16.4. The lowest BCUT2D eigenvalue weighted by atomic mass is 10.1. The van der Waals surface area contributed by atoms with Crippen molar-refractivity contribution in [2.45, 2.75) is 0 Å². The van der Waals surface area contributed by atoms with E-state index in [2.05, 4.69) is 4.42 Å². The van der Waals surface area contributed by atoms with Gasteiger partial charge in [-0.25, -0.2) is 9.59 Å². The Hall–Kier alpha value is -2.50. The van der Waals surface area contributed by atoms with Crippen molar-refractivity contribution >= 4 is 16.9 Å². The molecule has 2 aromatic rings. The number of aromatic hydroxyl groups is 2. The molecular formula is C10H6O6. The molecule has 2 rings (SSSR count). The van der Waals surface area contributed by atoms with Crippen molar-refractivity contribution in [2.75, 3.05) is 0 Å². The lowest BCUT2D eigenvalue weighted by molar-refractivity contribution is 0.0698. The van der Waals surface area contributed by atoms with Crippen molar-refractivity contribution in [3.05, 3.63) is 34.2 Å². The molecule has 0 amide bonds. The summed E-state index contributed by atoms with van der Waals surface area (Å²) in [4.78, 5) is 21.9. The van der Waals surface area contributed by atoms with E-state index in [1.54, 1.807) is 0 Å². The molecule has 16 heavy (non-hydrogen) atoms. The van der Waals surface area contributed by atoms with Crippen LogP contribution in [-0.4, -0.2) is 21.3 Å². The summed E-state index contributed by atoms with van der Waals surface area (Å²) in [5.74, 6) is -3.08. The SMILES string of the molecule is O=C(O)c1cccc2oc(=O)c(O)c(O)c12. The minimum atomic E-state index is -1.30. The molecule has 0 aliphatic heterocycles. The maximum Gasteiger partial charge on any atom is 0.382 e. The fourth-order valence-electron chi connectivity index (χ4n) is 1.40. The Morgan fingerprint density at radius 2 is 1.88 bits per heavy atom. The van der Waals surface area contributed by atoms with Crippen molar-refractivity contribution in [1.82, 2.24) is 0 Å². The molecule has 0 fully saturated rings. The molecular weight excluding hydrogens is 216 g/mol. The third kappa shape index (κ3) is 1.28. The minimum absolute atomic E-state index is 0.0970. The number of rotatable bonds is 1. The molecule has 0 saturated heterocycles. The first-order valence-corrected chi connectivity index (χ1v) is 4.23. The van der Waals surface area contributed by atoms with Gasteiger partial charge in [0.15, 0.2) is 5.75 Å². The maximum atomic E-state index is 11.0. The smallest absolute Gasteiger partial charge is 0.382 e. The minimum Gasteiger partial charge on any atom is -0.504 e. The van der Waals surface area contributed by atoms with Crippen LogP contribution < -0.4 is 5.63 Å². The molecule has 1 heterocycles. The molecule has 0 unspecified atom stereocenters. The number of carboxylic acids is 1. The van der Waals surface area contributed by atoms with Crippen LogP contribution in [0.5, 0.6) is 11.5 Å². The number of carboxylic acid groups (broad SMARTS) is 1. The molecule has 0 bridgehead atoms. The summed E-state index contributed by atoms with van der Waals surface area (Å²) in [6, 6.07) is 3.91. The normalized spacial score (nSPS) is 10.5. The fourth-order valence-corrected chi connectivity index (χ4v) is 1.40. The zero-order valence-corrected chi connectivity index (χ0v) is 7.80. The zero-order valence-electron chi connectivity index (χ0n) is 7.80. The number of benzene rings is 1. The average molecular weight is 222 g/mol. The molecule has 0 atom stereocenters. The quantitative estimate of drug-likeness (QED) is 0.618. The largest absolute Gasteiger partial charge is 0.504 e. The van der Waals surface area contributed by atoms with Gasteiger partial charge in [-0.3, -0.25) is 0 Å². The second-order valence-electron chi connectivity index (χ2n) is 3.07. The Bertz CT molecular complexity index is 640. The predicted octanol–water partition coefficient (Wildman–Crippen LogP) is 0.902. The zero-order chi connectivity index (χ0) is 11.9. The van der Waals surface area contributed by atoms with Gasteiger partial charge in [0.25, 0.3) is 0 Å². The highest BCUT2D eigenvalue weighted by Crippen LogP contribution is 2.32. The molecule has 0 spiro atoms. The number of hydrogen-bond donors (Lipinski definition) is 3. The second-order valence-corrected chi connectivity index (χ2v) is 3.07. The van der Waals surface area contributed by atoms with Crippen LogP contribution in [-0.2, 0) is 0 Å². The molecule has 82 valence electrons. The summed E-state index contributed by atoms with van der Waals surface area (Å²) in [6.45, 7) is 0. The van der Waals surface area contributed by atoms with E-state index < -0.39 is 23.1 Å². The highest BCUT2D eigenvalue weighted by Gasteiger charge is 2.18. The Morgan fingerprint density at radius 3 is 2.50 bits per heavy atom. The lowest BCUT2D eigenvalue weighted by Gasteiger charge is -2.04. The molecule has 6 heteroatoms. The number of fused-ring (bicyclic) bond motifs is 1. The average Bonchev–Trinajstić information content (AvgIpc) is 2.25. The number of carbonyl (C=O) groups is 1. The van der Waals surface area contributed by atoms with Crippen LogP contribution in [0.4, 0.5) is 0 Å². The van der Waals surface area contributed by atoms with Crippen molar-refractivity contribution in [2.24, 2.45) is 0 Å². The first kappa shape index (κ1) is 10.0. The summed E-state index contributed by atoms with van der Waals surface area (Å²) in [7, 11) is 0. The predicted molar refractivity (Wildman–Crippen MR) is 52.8 cm³/mol. The molecule has 0 saturated carbocycles. The van der Waals surface area contributed by atoms with Gasteiger partial charge in [-0.15, -0.1) is 0 Å². The third-order valence-corrected chi connectivity index (χ3v) is 2.11. The third-order valence-electron chi connectivity index (χ3n) is 2.11. The molecule has 0 aliphatic carbocycles. The first-order chi connectivity index (χ1) is 7.52. The standard InChI is InChI=1S/C10H6O6/c11-7-6-4(9(13)14)2-1-3-5(6)16-10(15)8(7)12/h1-3,11-12H,(H,13,14).